The Bertz CT molecular complexity index is 467. The molecular weight excluding hydrogens is 311 g/mol. The zero-order valence-corrected chi connectivity index (χ0v) is 12.6. The summed E-state index contributed by atoms with van der Waals surface area (Å²) in [6.45, 7) is 2.47. The fourth-order valence-corrected chi connectivity index (χ4v) is 3.15. The molecule has 0 bridgehead atoms. The lowest BCUT2D eigenvalue weighted by Gasteiger charge is -2.27. The number of hydrogen-bond acceptors (Lipinski definition) is 2. The van der Waals surface area contributed by atoms with Gasteiger partial charge in [-0.05, 0) is 66.2 Å². The third kappa shape index (κ3) is 3.23. The highest BCUT2D eigenvalue weighted by atomic mass is 79.9. The van der Waals surface area contributed by atoms with Crippen LogP contribution in [-0.2, 0) is 16.0 Å². The van der Waals surface area contributed by atoms with Crippen molar-refractivity contribution in [1.82, 2.24) is 0 Å². The van der Waals surface area contributed by atoms with Gasteiger partial charge in [0.2, 0.25) is 0 Å². The topological polar surface area (TPSA) is 26.3 Å². The number of hydrogen-bond donors (Lipinski definition) is 0. The number of ketones is 1. The van der Waals surface area contributed by atoms with Gasteiger partial charge in [0.05, 0.1) is 4.47 Å². The third-order valence-corrected chi connectivity index (χ3v) is 4.30. The molecule has 0 radical (unpaired) electrons. The molecule has 0 unspecified atom stereocenters. The third-order valence-electron chi connectivity index (χ3n) is 3.69. The Kier molecular flexibility index (Phi) is 4.74. The predicted molar refractivity (Wildman–Crippen MR) is 75.6 cm³/mol. The van der Waals surface area contributed by atoms with Crippen LogP contribution in [0.15, 0.2) is 22.7 Å². The smallest absolute Gasteiger partial charge is 0.168 e. The van der Waals surface area contributed by atoms with Gasteiger partial charge < -0.3 is 4.74 Å². The lowest BCUT2D eigenvalue weighted by Crippen LogP contribution is -2.40. The molecule has 104 valence electrons. The Morgan fingerprint density at radius 1 is 1.42 bits per heavy atom. The molecule has 19 heavy (non-hydrogen) atoms. The minimum Gasteiger partial charge on any atom is -0.367 e. The first-order chi connectivity index (χ1) is 9.07. The maximum atomic E-state index is 13.2. The first-order valence-electron chi connectivity index (χ1n) is 6.68. The van der Waals surface area contributed by atoms with Crippen molar-refractivity contribution in [1.29, 1.82) is 0 Å². The fraction of sp³-hybridized carbons (Fsp3) is 0.533. The summed E-state index contributed by atoms with van der Waals surface area (Å²) >= 11 is 3.15. The van der Waals surface area contributed by atoms with Crippen LogP contribution in [0, 0.1) is 5.82 Å². The van der Waals surface area contributed by atoms with Crippen molar-refractivity contribution >= 4 is 21.7 Å². The van der Waals surface area contributed by atoms with Crippen molar-refractivity contribution in [2.24, 2.45) is 0 Å². The van der Waals surface area contributed by atoms with E-state index in [2.05, 4.69) is 15.9 Å². The van der Waals surface area contributed by atoms with Crippen LogP contribution in [0.3, 0.4) is 0 Å². The van der Waals surface area contributed by atoms with Crippen LogP contribution in [0.1, 0.15) is 38.2 Å². The molecule has 0 atom stereocenters. The van der Waals surface area contributed by atoms with Crippen molar-refractivity contribution in [3.05, 3.63) is 34.1 Å². The maximum Gasteiger partial charge on any atom is 0.168 e. The van der Waals surface area contributed by atoms with E-state index in [1.165, 1.54) is 6.07 Å². The lowest BCUT2D eigenvalue weighted by atomic mass is 9.91. The molecule has 1 saturated carbocycles. The molecule has 2 rings (SSSR count). The van der Waals surface area contributed by atoms with E-state index in [1.807, 2.05) is 6.92 Å². The predicted octanol–water partition coefficient (Wildman–Crippen LogP) is 4.05. The monoisotopic (exact) mass is 328 g/mol. The van der Waals surface area contributed by atoms with E-state index in [0.29, 0.717) is 17.5 Å². The van der Waals surface area contributed by atoms with E-state index in [1.54, 1.807) is 12.1 Å². The minimum atomic E-state index is -0.602. The van der Waals surface area contributed by atoms with Crippen molar-refractivity contribution < 1.29 is 13.9 Å². The molecule has 0 N–H and O–H groups in total. The zero-order valence-electron chi connectivity index (χ0n) is 11.0. The number of Topliss-reactive ketones (excluding diaryl/α,β-unsaturated/α-hetero) is 1. The Balaban J connectivity index is 2.12. The number of ether oxygens (including phenoxy) is 1. The second kappa shape index (κ2) is 6.14. The van der Waals surface area contributed by atoms with Crippen molar-refractivity contribution in [3.63, 3.8) is 0 Å². The largest absolute Gasteiger partial charge is 0.367 e. The summed E-state index contributed by atoms with van der Waals surface area (Å²) in [5, 5.41) is 0. The standard InChI is InChI=1S/C15H18BrFO2/c1-2-19-15(7-3-4-8-15)14(18)10-11-5-6-13(17)12(16)9-11/h5-6,9H,2-4,7-8,10H2,1H3. The first kappa shape index (κ1) is 14.7. The molecule has 0 amide bonds. The molecule has 0 heterocycles. The highest BCUT2D eigenvalue weighted by molar-refractivity contribution is 9.10. The summed E-state index contributed by atoms with van der Waals surface area (Å²) in [5.41, 5.74) is 0.222. The van der Waals surface area contributed by atoms with Gasteiger partial charge in [-0.2, -0.15) is 0 Å². The van der Waals surface area contributed by atoms with Crippen LogP contribution in [0.25, 0.3) is 0 Å². The van der Waals surface area contributed by atoms with E-state index in [9.17, 15) is 9.18 Å². The van der Waals surface area contributed by atoms with Gasteiger partial charge in [-0.25, -0.2) is 4.39 Å². The van der Waals surface area contributed by atoms with Crippen LogP contribution in [0.5, 0.6) is 0 Å². The average molecular weight is 329 g/mol. The van der Waals surface area contributed by atoms with Crippen LogP contribution >= 0.6 is 15.9 Å². The van der Waals surface area contributed by atoms with Gasteiger partial charge in [0.15, 0.2) is 5.78 Å². The quantitative estimate of drug-likeness (QED) is 0.815. The van der Waals surface area contributed by atoms with E-state index < -0.39 is 5.60 Å². The van der Waals surface area contributed by atoms with E-state index in [0.717, 1.165) is 31.2 Å². The summed E-state index contributed by atoms with van der Waals surface area (Å²) in [7, 11) is 0. The number of benzene rings is 1. The molecule has 4 heteroatoms. The molecule has 2 nitrogen and oxygen atoms in total. The molecule has 0 aromatic heterocycles. The molecule has 0 aliphatic heterocycles. The Labute approximate surface area is 121 Å². The van der Waals surface area contributed by atoms with Gasteiger partial charge in [0.1, 0.15) is 11.4 Å². The Morgan fingerprint density at radius 2 is 2.11 bits per heavy atom. The van der Waals surface area contributed by atoms with E-state index in [4.69, 9.17) is 4.74 Å². The number of halogens is 2. The SMILES string of the molecule is CCOC1(C(=O)Cc2ccc(F)c(Br)c2)CCCC1. The maximum absolute atomic E-state index is 13.2. The second-order valence-corrected chi connectivity index (χ2v) is 5.84. The van der Waals surface area contributed by atoms with Crippen LogP contribution in [0.4, 0.5) is 4.39 Å². The van der Waals surface area contributed by atoms with Crippen LogP contribution in [-0.4, -0.2) is 18.0 Å². The van der Waals surface area contributed by atoms with Gasteiger partial charge >= 0.3 is 0 Å². The van der Waals surface area contributed by atoms with Gasteiger partial charge in [0, 0.05) is 13.0 Å². The van der Waals surface area contributed by atoms with Gasteiger partial charge in [-0.1, -0.05) is 6.07 Å². The number of carbonyl (C=O) groups excluding carboxylic acids is 1. The zero-order chi connectivity index (χ0) is 13.9. The number of rotatable bonds is 5. The first-order valence-corrected chi connectivity index (χ1v) is 7.48. The molecule has 1 aromatic rings. The van der Waals surface area contributed by atoms with E-state index in [-0.39, 0.29) is 11.6 Å². The summed E-state index contributed by atoms with van der Waals surface area (Å²) in [5.74, 6) is -0.193. The average Bonchev–Trinajstić information content (AvgIpc) is 2.84. The summed E-state index contributed by atoms with van der Waals surface area (Å²) in [6, 6.07) is 4.71. The van der Waals surface area contributed by atoms with Gasteiger partial charge in [-0.15, -0.1) is 0 Å². The van der Waals surface area contributed by atoms with Crippen molar-refractivity contribution in [2.75, 3.05) is 6.61 Å². The summed E-state index contributed by atoms with van der Waals surface area (Å²) in [6.07, 6.45) is 4.00. The molecule has 0 spiro atoms. The van der Waals surface area contributed by atoms with Crippen molar-refractivity contribution in [2.45, 2.75) is 44.6 Å². The molecule has 1 aliphatic rings. The summed E-state index contributed by atoms with van der Waals surface area (Å²) < 4.78 is 19.3. The Hall–Kier alpha value is -0.740. The minimum absolute atomic E-state index is 0.116. The molecular formula is C15H18BrFO2. The molecule has 0 saturated heterocycles. The van der Waals surface area contributed by atoms with Gasteiger partial charge in [-0.3, -0.25) is 4.79 Å². The van der Waals surface area contributed by atoms with Gasteiger partial charge in [0.25, 0.3) is 0 Å². The number of carbonyl (C=O) groups is 1. The normalized spacial score (nSPS) is 17.6. The van der Waals surface area contributed by atoms with Crippen molar-refractivity contribution in [3.8, 4) is 0 Å². The Morgan fingerprint density at radius 3 is 2.68 bits per heavy atom. The second-order valence-electron chi connectivity index (χ2n) is 4.98. The van der Waals surface area contributed by atoms with E-state index >= 15 is 0 Å². The molecule has 1 fully saturated rings. The van der Waals surface area contributed by atoms with Crippen LogP contribution in [0.2, 0.25) is 0 Å². The summed E-state index contributed by atoms with van der Waals surface area (Å²) in [4.78, 5) is 12.5. The molecule has 1 aliphatic carbocycles. The van der Waals surface area contributed by atoms with Crippen LogP contribution < -0.4 is 0 Å². The lowest BCUT2D eigenvalue weighted by molar-refractivity contribution is -0.142. The molecule has 1 aromatic carbocycles. The highest BCUT2D eigenvalue weighted by Gasteiger charge is 2.41. The fourth-order valence-electron chi connectivity index (χ4n) is 2.72. The highest BCUT2D eigenvalue weighted by Crippen LogP contribution is 2.35.